The molecule has 1 heterocycles. The molecule has 0 saturated carbocycles. The molecule has 2 N–H and O–H groups in total. The number of rotatable bonds is 7. The molecule has 0 aliphatic carbocycles. The largest absolute Gasteiger partial charge is 0.493 e. The number of hydrogen-bond donors (Lipinski definition) is 2. The first-order valence-electron chi connectivity index (χ1n) is 7.31. The number of methoxy groups -OCH3 is 2. The summed E-state index contributed by atoms with van der Waals surface area (Å²) in [6, 6.07) is 6.72. The number of nitrogens with zero attached hydrogens (tertiary/aromatic N) is 2. The van der Waals surface area contributed by atoms with Crippen molar-refractivity contribution in [3.63, 3.8) is 0 Å². The Morgan fingerprint density at radius 2 is 1.96 bits per heavy atom. The van der Waals surface area contributed by atoms with Gasteiger partial charge < -0.3 is 20.1 Å². The second kappa shape index (κ2) is 7.96. The highest BCUT2D eigenvalue weighted by Crippen LogP contribution is 2.29. The highest BCUT2D eigenvalue weighted by molar-refractivity contribution is 6.03. The molecule has 1 amide bonds. The Kier molecular flexibility index (Phi) is 5.73. The van der Waals surface area contributed by atoms with Gasteiger partial charge in [-0.1, -0.05) is 6.08 Å². The smallest absolute Gasteiger partial charge is 0.274 e. The zero-order chi connectivity index (χ0) is 17.5. The molecule has 0 atom stereocenters. The fraction of sp³-hybridized carbons (Fsp3) is 0.235. The fourth-order valence-corrected chi connectivity index (χ4v) is 2.06. The second-order valence-electron chi connectivity index (χ2n) is 4.88. The third kappa shape index (κ3) is 4.22. The number of aryl methyl sites for hydroxylation is 1. The third-order valence-corrected chi connectivity index (χ3v) is 3.14. The summed E-state index contributed by atoms with van der Waals surface area (Å²) < 4.78 is 10.4. The number of carbonyl (C=O) groups excluding carboxylic acids is 1. The molecule has 126 valence electrons. The molecule has 2 rings (SSSR count). The minimum Gasteiger partial charge on any atom is -0.493 e. The average Bonchev–Trinajstić information content (AvgIpc) is 2.59. The lowest BCUT2D eigenvalue weighted by Gasteiger charge is -2.11. The molecule has 2 aromatic rings. The monoisotopic (exact) mass is 328 g/mol. The lowest BCUT2D eigenvalue weighted by molar-refractivity contribution is 0.102. The SMILES string of the molecule is C=CCNc1cc(C(=O)Nc2ccc(OC)c(OC)c2)nc(C)n1. The zero-order valence-electron chi connectivity index (χ0n) is 13.9. The van der Waals surface area contributed by atoms with Gasteiger partial charge in [-0.3, -0.25) is 4.79 Å². The number of amides is 1. The minimum absolute atomic E-state index is 0.267. The minimum atomic E-state index is -0.339. The highest BCUT2D eigenvalue weighted by atomic mass is 16.5. The zero-order valence-corrected chi connectivity index (χ0v) is 13.9. The predicted octanol–water partition coefficient (Wildman–Crippen LogP) is 2.65. The van der Waals surface area contributed by atoms with E-state index in [0.29, 0.717) is 35.4 Å². The van der Waals surface area contributed by atoms with Crippen molar-refractivity contribution in [3.8, 4) is 11.5 Å². The summed E-state index contributed by atoms with van der Waals surface area (Å²) in [5.74, 6) is 1.85. The van der Waals surface area contributed by atoms with Gasteiger partial charge in [0.25, 0.3) is 5.91 Å². The van der Waals surface area contributed by atoms with E-state index in [4.69, 9.17) is 9.47 Å². The highest BCUT2D eigenvalue weighted by Gasteiger charge is 2.12. The van der Waals surface area contributed by atoms with Crippen molar-refractivity contribution in [2.24, 2.45) is 0 Å². The Bertz CT molecular complexity index is 747. The van der Waals surface area contributed by atoms with Crippen molar-refractivity contribution in [2.45, 2.75) is 6.92 Å². The van der Waals surface area contributed by atoms with Crippen LogP contribution in [0.1, 0.15) is 16.3 Å². The summed E-state index contributed by atoms with van der Waals surface area (Å²) in [5, 5.41) is 5.82. The van der Waals surface area contributed by atoms with Crippen molar-refractivity contribution in [1.82, 2.24) is 9.97 Å². The molecule has 0 aliphatic rings. The van der Waals surface area contributed by atoms with Gasteiger partial charge in [-0.05, 0) is 19.1 Å². The fourth-order valence-electron chi connectivity index (χ4n) is 2.06. The van der Waals surface area contributed by atoms with Crippen LogP contribution in [0, 0.1) is 6.92 Å². The summed E-state index contributed by atoms with van der Waals surface area (Å²) in [5.41, 5.74) is 0.846. The summed E-state index contributed by atoms with van der Waals surface area (Å²) in [7, 11) is 3.09. The van der Waals surface area contributed by atoms with E-state index in [9.17, 15) is 4.79 Å². The maximum Gasteiger partial charge on any atom is 0.274 e. The average molecular weight is 328 g/mol. The maximum absolute atomic E-state index is 12.4. The van der Waals surface area contributed by atoms with Crippen molar-refractivity contribution in [2.75, 3.05) is 31.4 Å². The van der Waals surface area contributed by atoms with Crippen LogP contribution in [0.4, 0.5) is 11.5 Å². The van der Waals surface area contributed by atoms with Gasteiger partial charge in [0.15, 0.2) is 11.5 Å². The maximum atomic E-state index is 12.4. The van der Waals surface area contributed by atoms with Gasteiger partial charge >= 0.3 is 0 Å². The summed E-state index contributed by atoms with van der Waals surface area (Å²) in [6.45, 7) is 5.91. The van der Waals surface area contributed by atoms with Crippen molar-refractivity contribution < 1.29 is 14.3 Å². The molecular weight excluding hydrogens is 308 g/mol. The normalized spacial score (nSPS) is 9.96. The van der Waals surface area contributed by atoms with Crippen LogP contribution in [0.2, 0.25) is 0 Å². The van der Waals surface area contributed by atoms with Crippen molar-refractivity contribution >= 4 is 17.4 Å². The predicted molar refractivity (Wildman–Crippen MR) is 93.0 cm³/mol. The molecule has 0 bridgehead atoms. The molecule has 24 heavy (non-hydrogen) atoms. The molecule has 1 aromatic carbocycles. The topological polar surface area (TPSA) is 85.4 Å². The van der Waals surface area contributed by atoms with Crippen LogP contribution in [0.5, 0.6) is 11.5 Å². The lowest BCUT2D eigenvalue weighted by atomic mass is 10.2. The first-order valence-corrected chi connectivity index (χ1v) is 7.31. The van der Waals surface area contributed by atoms with E-state index in [1.807, 2.05) is 0 Å². The molecule has 0 saturated heterocycles. The molecule has 0 spiro atoms. The Balaban J connectivity index is 2.20. The number of hydrogen-bond acceptors (Lipinski definition) is 6. The van der Waals surface area contributed by atoms with E-state index in [1.165, 1.54) is 7.11 Å². The van der Waals surface area contributed by atoms with Crippen LogP contribution in [0.3, 0.4) is 0 Å². The van der Waals surface area contributed by atoms with Crippen LogP contribution in [0.25, 0.3) is 0 Å². The van der Waals surface area contributed by atoms with Gasteiger partial charge in [0.1, 0.15) is 17.3 Å². The van der Waals surface area contributed by atoms with Crippen LogP contribution in [-0.2, 0) is 0 Å². The van der Waals surface area contributed by atoms with E-state index >= 15 is 0 Å². The molecule has 0 aliphatic heterocycles. The van der Waals surface area contributed by atoms with E-state index in [-0.39, 0.29) is 11.6 Å². The van der Waals surface area contributed by atoms with Gasteiger partial charge in [-0.25, -0.2) is 9.97 Å². The van der Waals surface area contributed by atoms with Crippen LogP contribution in [-0.4, -0.2) is 36.6 Å². The van der Waals surface area contributed by atoms with Gasteiger partial charge in [-0.15, -0.1) is 6.58 Å². The van der Waals surface area contributed by atoms with Crippen LogP contribution < -0.4 is 20.1 Å². The Morgan fingerprint density at radius 3 is 2.62 bits per heavy atom. The quantitative estimate of drug-likeness (QED) is 0.760. The lowest BCUT2D eigenvalue weighted by Crippen LogP contribution is -2.16. The van der Waals surface area contributed by atoms with Gasteiger partial charge in [0.05, 0.1) is 14.2 Å². The van der Waals surface area contributed by atoms with Gasteiger partial charge in [0.2, 0.25) is 0 Å². The third-order valence-electron chi connectivity index (χ3n) is 3.14. The second-order valence-corrected chi connectivity index (χ2v) is 4.88. The number of carbonyl (C=O) groups is 1. The van der Waals surface area contributed by atoms with Gasteiger partial charge in [-0.2, -0.15) is 0 Å². The summed E-state index contributed by atoms with van der Waals surface area (Å²) >= 11 is 0. The van der Waals surface area contributed by atoms with E-state index in [1.54, 1.807) is 44.4 Å². The molecular formula is C17H20N4O3. The van der Waals surface area contributed by atoms with E-state index in [2.05, 4.69) is 27.2 Å². The van der Waals surface area contributed by atoms with E-state index < -0.39 is 0 Å². The van der Waals surface area contributed by atoms with Crippen LogP contribution >= 0.6 is 0 Å². The number of aromatic nitrogens is 2. The number of nitrogens with one attached hydrogen (secondary N) is 2. The molecule has 0 unspecified atom stereocenters. The summed E-state index contributed by atoms with van der Waals surface area (Å²) in [6.07, 6.45) is 1.71. The Hall–Kier alpha value is -3.09. The Morgan fingerprint density at radius 1 is 1.21 bits per heavy atom. The molecule has 7 heteroatoms. The van der Waals surface area contributed by atoms with E-state index in [0.717, 1.165) is 0 Å². The molecule has 0 radical (unpaired) electrons. The summed E-state index contributed by atoms with van der Waals surface area (Å²) in [4.78, 5) is 20.8. The number of anilines is 2. The molecule has 7 nitrogen and oxygen atoms in total. The van der Waals surface area contributed by atoms with Crippen LogP contribution in [0.15, 0.2) is 36.9 Å². The van der Waals surface area contributed by atoms with Crippen molar-refractivity contribution in [3.05, 3.63) is 48.4 Å². The molecule has 0 fully saturated rings. The van der Waals surface area contributed by atoms with Crippen molar-refractivity contribution in [1.29, 1.82) is 0 Å². The first kappa shape index (κ1) is 17.3. The standard InChI is InChI=1S/C17H20N4O3/c1-5-8-18-16-10-13(19-11(2)20-16)17(22)21-12-6-7-14(23-3)15(9-12)24-4/h5-7,9-10H,1,8H2,2-4H3,(H,21,22)(H,18,19,20). The number of benzene rings is 1. The van der Waals surface area contributed by atoms with Gasteiger partial charge in [0, 0.05) is 24.4 Å². The molecule has 1 aromatic heterocycles. The Labute approximate surface area is 140 Å². The first-order chi connectivity index (χ1) is 11.6. The number of ether oxygens (including phenoxy) is 2.